The summed E-state index contributed by atoms with van der Waals surface area (Å²) < 4.78 is 26.7. The van der Waals surface area contributed by atoms with Gasteiger partial charge in [0.1, 0.15) is 0 Å². The molecule has 0 spiro atoms. The third-order valence-corrected chi connectivity index (χ3v) is 4.78. The summed E-state index contributed by atoms with van der Waals surface area (Å²) in [6.07, 6.45) is 0. The van der Waals surface area contributed by atoms with Crippen LogP contribution in [0.1, 0.15) is 26.3 Å². The minimum absolute atomic E-state index is 0.130. The van der Waals surface area contributed by atoms with Crippen LogP contribution in [0.5, 0.6) is 0 Å². The van der Waals surface area contributed by atoms with Gasteiger partial charge in [0.15, 0.2) is 0 Å². The Balaban J connectivity index is 2.71. The molecule has 6 heteroatoms. The zero-order valence-corrected chi connectivity index (χ0v) is 13.9. The van der Waals surface area contributed by atoms with Crippen molar-refractivity contribution >= 4 is 21.6 Å². The van der Waals surface area contributed by atoms with Gasteiger partial charge in [-0.15, -0.1) is 0 Å². The van der Waals surface area contributed by atoms with E-state index in [1.165, 1.54) is 0 Å². The standard InChI is InChI=1S/C15H24N2O3S/c1-5-17(6-2)15(18)13(4)11-21(19,20)16-14-9-7-12(3)8-10-14/h7-10,13,16H,5-6,11H2,1-4H3. The van der Waals surface area contributed by atoms with Crippen molar-refractivity contribution in [3.05, 3.63) is 29.8 Å². The molecule has 0 radical (unpaired) electrons. The molecule has 1 N–H and O–H groups in total. The van der Waals surface area contributed by atoms with Crippen molar-refractivity contribution in [3.8, 4) is 0 Å². The van der Waals surface area contributed by atoms with Crippen molar-refractivity contribution in [2.75, 3.05) is 23.6 Å². The highest BCUT2D eigenvalue weighted by atomic mass is 32.2. The van der Waals surface area contributed by atoms with E-state index in [0.29, 0.717) is 18.8 Å². The smallest absolute Gasteiger partial charge is 0.233 e. The van der Waals surface area contributed by atoms with E-state index in [0.717, 1.165) is 5.56 Å². The third kappa shape index (κ3) is 5.38. The Hall–Kier alpha value is -1.56. The van der Waals surface area contributed by atoms with Crippen molar-refractivity contribution in [2.24, 2.45) is 5.92 Å². The molecule has 0 heterocycles. The summed E-state index contributed by atoms with van der Waals surface area (Å²) in [6.45, 7) is 8.52. The van der Waals surface area contributed by atoms with E-state index >= 15 is 0 Å². The number of aryl methyl sites for hydroxylation is 1. The average molecular weight is 312 g/mol. The van der Waals surface area contributed by atoms with Gasteiger partial charge in [0.2, 0.25) is 15.9 Å². The molecule has 0 aromatic heterocycles. The van der Waals surface area contributed by atoms with E-state index < -0.39 is 15.9 Å². The molecule has 0 saturated carbocycles. The molecular weight excluding hydrogens is 288 g/mol. The molecule has 1 aromatic rings. The van der Waals surface area contributed by atoms with Crippen LogP contribution in [0.2, 0.25) is 0 Å². The number of carbonyl (C=O) groups is 1. The van der Waals surface area contributed by atoms with Crippen molar-refractivity contribution in [1.29, 1.82) is 0 Å². The number of anilines is 1. The van der Waals surface area contributed by atoms with Gasteiger partial charge in [-0.2, -0.15) is 0 Å². The molecule has 1 atom stereocenters. The highest BCUT2D eigenvalue weighted by Crippen LogP contribution is 2.13. The van der Waals surface area contributed by atoms with Crippen LogP contribution in [0.15, 0.2) is 24.3 Å². The number of carbonyl (C=O) groups excluding carboxylic acids is 1. The molecule has 1 rings (SSSR count). The minimum atomic E-state index is -3.54. The van der Waals surface area contributed by atoms with Gasteiger partial charge in [-0.1, -0.05) is 24.6 Å². The summed E-state index contributed by atoms with van der Waals surface area (Å²) in [6, 6.07) is 7.10. The summed E-state index contributed by atoms with van der Waals surface area (Å²) in [7, 11) is -3.54. The molecule has 1 unspecified atom stereocenters. The van der Waals surface area contributed by atoms with Gasteiger partial charge in [-0.3, -0.25) is 9.52 Å². The van der Waals surface area contributed by atoms with Crippen LogP contribution in [0.25, 0.3) is 0 Å². The zero-order valence-electron chi connectivity index (χ0n) is 13.1. The first-order valence-corrected chi connectivity index (χ1v) is 8.80. The highest BCUT2D eigenvalue weighted by Gasteiger charge is 2.24. The van der Waals surface area contributed by atoms with Crippen LogP contribution in [-0.2, 0) is 14.8 Å². The largest absolute Gasteiger partial charge is 0.343 e. The number of nitrogens with one attached hydrogen (secondary N) is 1. The molecule has 0 bridgehead atoms. The van der Waals surface area contributed by atoms with E-state index in [4.69, 9.17) is 0 Å². The van der Waals surface area contributed by atoms with Crippen LogP contribution in [0, 0.1) is 12.8 Å². The maximum absolute atomic E-state index is 12.1. The number of amides is 1. The number of rotatable bonds is 7. The molecule has 0 saturated heterocycles. The first kappa shape index (κ1) is 17.5. The second-order valence-electron chi connectivity index (χ2n) is 5.16. The van der Waals surface area contributed by atoms with Crippen LogP contribution in [0.4, 0.5) is 5.69 Å². The second kappa shape index (κ2) is 7.45. The summed E-state index contributed by atoms with van der Waals surface area (Å²) in [5.74, 6) is -0.905. The lowest BCUT2D eigenvalue weighted by molar-refractivity contribution is -0.133. The van der Waals surface area contributed by atoms with E-state index in [1.54, 1.807) is 24.0 Å². The van der Waals surface area contributed by atoms with Crippen LogP contribution >= 0.6 is 0 Å². The van der Waals surface area contributed by atoms with Gasteiger partial charge in [-0.25, -0.2) is 8.42 Å². The highest BCUT2D eigenvalue weighted by molar-refractivity contribution is 7.92. The number of sulfonamides is 1. The number of benzene rings is 1. The number of hydrogen-bond donors (Lipinski definition) is 1. The molecule has 0 fully saturated rings. The monoisotopic (exact) mass is 312 g/mol. The van der Waals surface area contributed by atoms with E-state index in [2.05, 4.69) is 4.72 Å². The number of hydrogen-bond acceptors (Lipinski definition) is 3. The van der Waals surface area contributed by atoms with Gasteiger partial charge >= 0.3 is 0 Å². The maximum atomic E-state index is 12.1. The minimum Gasteiger partial charge on any atom is -0.343 e. The Morgan fingerprint density at radius 2 is 1.71 bits per heavy atom. The lowest BCUT2D eigenvalue weighted by atomic mass is 10.2. The Kier molecular flexibility index (Phi) is 6.20. The topological polar surface area (TPSA) is 66.5 Å². The average Bonchev–Trinajstić information content (AvgIpc) is 2.41. The Morgan fingerprint density at radius 1 is 1.19 bits per heavy atom. The van der Waals surface area contributed by atoms with Gasteiger partial charge in [0.25, 0.3) is 0 Å². The quantitative estimate of drug-likeness (QED) is 0.839. The Bertz CT molecular complexity index is 563. The van der Waals surface area contributed by atoms with Crippen molar-refractivity contribution in [3.63, 3.8) is 0 Å². The summed E-state index contributed by atoms with van der Waals surface area (Å²) in [5, 5.41) is 0. The molecule has 0 aliphatic rings. The number of nitrogens with zero attached hydrogens (tertiary/aromatic N) is 1. The van der Waals surface area contributed by atoms with Crippen LogP contribution in [0.3, 0.4) is 0 Å². The summed E-state index contributed by atoms with van der Waals surface area (Å²) in [5.41, 5.74) is 1.58. The normalized spacial score (nSPS) is 12.8. The fraction of sp³-hybridized carbons (Fsp3) is 0.533. The molecule has 118 valence electrons. The van der Waals surface area contributed by atoms with Crippen molar-refractivity contribution in [2.45, 2.75) is 27.7 Å². The SMILES string of the molecule is CCN(CC)C(=O)C(C)CS(=O)(=O)Nc1ccc(C)cc1. The predicted octanol–water partition coefficient (Wildman–Crippen LogP) is 2.24. The maximum Gasteiger partial charge on any atom is 0.233 e. The molecule has 0 aliphatic heterocycles. The van der Waals surface area contributed by atoms with Crippen molar-refractivity contribution < 1.29 is 13.2 Å². The third-order valence-electron chi connectivity index (χ3n) is 3.29. The van der Waals surface area contributed by atoms with Crippen LogP contribution < -0.4 is 4.72 Å². The lowest BCUT2D eigenvalue weighted by Crippen LogP contribution is -2.38. The van der Waals surface area contributed by atoms with Gasteiger partial charge < -0.3 is 4.90 Å². The fourth-order valence-electron chi connectivity index (χ4n) is 2.09. The molecule has 21 heavy (non-hydrogen) atoms. The first-order valence-electron chi connectivity index (χ1n) is 7.15. The first-order chi connectivity index (χ1) is 9.79. The zero-order chi connectivity index (χ0) is 16.0. The molecule has 1 amide bonds. The van der Waals surface area contributed by atoms with Crippen LogP contribution in [-0.4, -0.2) is 38.1 Å². The summed E-state index contributed by atoms with van der Waals surface area (Å²) in [4.78, 5) is 13.8. The molecule has 5 nitrogen and oxygen atoms in total. The molecule has 1 aromatic carbocycles. The van der Waals surface area contributed by atoms with E-state index in [1.807, 2.05) is 32.9 Å². The predicted molar refractivity (Wildman–Crippen MR) is 85.7 cm³/mol. The van der Waals surface area contributed by atoms with E-state index in [9.17, 15) is 13.2 Å². The second-order valence-corrected chi connectivity index (χ2v) is 6.93. The molecular formula is C15H24N2O3S. The van der Waals surface area contributed by atoms with E-state index in [-0.39, 0.29) is 11.7 Å². The summed E-state index contributed by atoms with van der Waals surface area (Å²) >= 11 is 0. The molecule has 0 aliphatic carbocycles. The Labute approximate surface area is 127 Å². The van der Waals surface area contributed by atoms with Gasteiger partial charge in [-0.05, 0) is 32.9 Å². The lowest BCUT2D eigenvalue weighted by Gasteiger charge is -2.22. The van der Waals surface area contributed by atoms with Crippen molar-refractivity contribution in [1.82, 2.24) is 4.90 Å². The van der Waals surface area contributed by atoms with Gasteiger partial charge in [0, 0.05) is 18.8 Å². The van der Waals surface area contributed by atoms with Gasteiger partial charge in [0.05, 0.1) is 11.7 Å². The fourth-order valence-corrected chi connectivity index (χ4v) is 3.47. The Morgan fingerprint density at radius 3 is 2.19 bits per heavy atom.